The van der Waals surface area contributed by atoms with Crippen LogP contribution in [0, 0.1) is 11.3 Å². The van der Waals surface area contributed by atoms with Gasteiger partial charge in [0.1, 0.15) is 0 Å². The first kappa shape index (κ1) is 12.9. The third-order valence-electron chi connectivity index (χ3n) is 3.02. The Balaban J connectivity index is 2.27. The summed E-state index contributed by atoms with van der Waals surface area (Å²) in [6.07, 6.45) is 0. The lowest BCUT2D eigenvalue weighted by molar-refractivity contribution is -0.131. The second-order valence-corrected chi connectivity index (χ2v) is 4.12. The van der Waals surface area contributed by atoms with Crippen LogP contribution in [0.1, 0.15) is 6.92 Å². The Morgan fingerprint density at radius 1 is 1.31 bits per heavy atom. The molecule has 1 saturated heterocycles. The van der Waals surface area contributed by atoms with Gasteiger partial charge < -0.3 is 4.90 Å². The molecule has 0 atom stereocenters. The number of rotatable bonds is 4. The van der Waals surface area contributed by atoms with Gasteiger partial charge in [-0.2, -0.15) is 5.26 Å². The maximum Gasteiger partial charge on any atom is 0.236 e. The fraction of sp³-hybridized carbons (Fsp3) is 0.818. The van der Waals surface area contributed by atoms with Crippen molar-refractivity contribution in [3.05, 3.63) is 0 Å². The van der Waals surface area contributed by atoms with E-state index in [1.165, 1.54) is 0 Å². The molecule has 0 aromatic rings. The van der Waals surface area contributed by atoms with E-state index in [9.17, 15) is 4.79 Å². The van der Waals surface area contributed by atoms with Crippen molar-refractivity contribution in [2.75, 3.05) is 52.9 Å². The quantitative estimate of drug-likeness (QED) is 0.610. The van der Waals surface area contributed by atoms with E-state index in [2.05, 4.69) is 15.9 Å². The fourth-order valence-electron chi connectivity index (χ4n) is 1.69. The number of piperazine rings is 1. The van der Waals surface area contributed by atoms with Crippen molar-refractivity contribution in [3.63, 3.8) is 0 Å². The van der Waals surface area contributed by atoms with Crippen LogP contribution in [0.5, 0.6) is 0 Å². The van der Waals surface area contributed by atoms with E-state index in [0.717, 1.165) is 32.7 Å². The summed E-state index contributed by atoms with van der Waals surface area (Å²) in [5.74, 6) is 0.177. The van der Waals surface area contributed by atoms with E-state index >= 15 is 0 Å². The van der Waals surface area contributed by atoms with Gasteiger partial charge in [-0.25, -0.2) is 0 Å². The lowest BCUT2D eigenvalue weighted by Gasteiger charge is -2.33. The minimum Gasteiger partial charge on any atom is -0.345 e. The van der Waals surface area contributed by atoms with Crippen LogP contribution in [0.3, 0.4) is 0 Å². The predicted octanol–water partition coefficient (Wildman–Crippen LogP) is -0.394. The minimum absolute atomic E-state index is 0.177. The molecular weight excluding hydrogens is 204 g/mol. The fourth-order valence-corrected chi connectivity index (χ4v) is 1.69. The van der Waals surface area contributed by atoms with Gasteiger partial charge in [0.2, 0.25) is 5.91 Å². The third-order valence-corrected chi connectivity index (χ3v) is 3.02. The van der Waals surface area contributed by atoms with Gasteiger partial charge in [-0.3, -0.25) is 14.6 Å². The van der Waals surface area contributed by atoms with Crippen LogP contribution in [-0.4, -0.2) is 73.5 Å². The van der Waals surface area contributed by atoms with E-state index in [0.29, 0.717) is 13.1 Å². The molecule has 0 aromatic carbocycles. The summed E-state index contributed by atoms with van der Waals surface area (Å²) in [6, 6.07) is 2.15. The van der Waals surface area contributed by atoms with Crippen LogP contribution < -0.4 is 0 Å². The Hall–Kier alpha value is -1.12. The molecular formula is C11H20N4O. The Kier molecular flexibility index (Phi) is 5.23. The molecule has 1 aliphatic heterocycles. The third kappa shape index (κ3) is 3.80. The molecule has 0 saturated carbocycles. The van der Waals surface area contributed by atoms with Crippen LogP contribution in [-0.2, 0) is 4.79 Å². The second-order valence-electron chi connectivity index (χ2n) is 4.12. The molecule has 0 N–H and O–H groups in total. The van der Waals surface area contributed by atoms with Gasteiger partial charge in [0, 0.05) is 39.8 Å². The highest BCUT2D eigenvalue weighted by Gasteiger charge is 2.19. The average Bonchev–Trinajstić information content (AvgIpc) is 2.31. The predicted molar refractivity (Wildman–Crippen MR) is 61.8 cm³/mol. The lowest BCUT2D eigenvalue weighted by atomic mass is 10.3. The van der Waals surface area contributed by atoms with Crippen molar-refractivity contribution < 1.29 is 4.79 Å². The number of likely N-dealkylation sites (N-methyl/N-ethyl adjacent to an activating group) is 1. The minimum atomic E-state index is 0.177. The molecule has 0 unspecified atom stereocenters. The molecule has 0 aliphatic carbocycles. The molecule has 1 amide bonds. The number of hydrogen-bond acceptors (Lipinski definition) is 4. The molecule has 0 radical (unpaired) electrons. The van der Waals surface area contributed by atoms with Crippen molar-refractivity contribution >= 4 is 5.91 Å². The van der Waals surface area contributed by atoms with Crippen LogP contribution >= 0.6 is 0 Å². The molecule has 1 rings (SSSR count). The molecule has 5 nitrogen and oxygen atoms in total. The smallest absolute Gasteiger partial charge is 0.236 e. The zero-order valence-corrected chi connectivity index (χ0v) is 10.1. The molecule has 5 heteroatoms. The Labute approximate surface area is 97.2 Å². The summed E-state index contributed by atoms with van der Waals surface area (Å²) in [5, 5.41) is 8.57. The first-order chi connectivity index (χ1) is 7.67. The topological polar surface area (TPSA) is 50.6 Å². The van der Waals surface area contributed by atoms with E-state index in [-0.39, 0.29) is 5.91 Å². The summed E-state index contributed by atoms with van der Waals surface area (Å²) in [4.78, 5) is 17.7. The van der Waals surface area contributed by atoms with Crippen LogP contribution in [0.15, 0.2) is 0 Å². The van der Waals surface area contributed by atoms with Crippen molar-refractivity contribution in [2.45, 2.75) is 6.92 Å². The lowest BCUT2D eigenvalue weighted by Crippen LogP contribution is -2.49. The van der Waals surface area contributed by atoms with Gasteiger partial charge in [-0.15, -0.1) is 0 Å². The van der Waals surface area contributed by atoms with E-state index in [1.807, 2.05) is 14.0 Å². The van der Waals surface area contributed by atoms with E-state index in [4.69, 9.17) is 5.26 Å². The molecule has 0 aromatic heterocycles. The van der Waals surface area contributed by atoms with Gasteiger partial charge in [-0.05, 0) is 6.92 Å². The average molecular weight is 224 g/mol. The first-order valence-electron chi connectivity index (χ1n) is 5.73. The Bertz CT molecular complexity index is 266. The van der Waals surface area contributed by atoms with Gasteiger partial charge in [-0.1, -0.05) is 0 Å². The van der Waals surface area contributed by atoms with Crippen molar-refractivity contribution in [2.24, 2.45) is 0 Å². The zero-order chi connectivity index (χ0) is 12.0. The number of carbonyl (C=O) groups is 1. The molecule has 0 bridgehead atoms. The number of carbonyl (C=O) groups excluding carboxylic acids is 1. The van der Waals surface area contributed by atoms with Crippen molar-refractivity contribution in [3.8, 4) is 6.07 Å². The Morgan fingerprint density at radius 3 is 2.38 bits per heavy atom. The van der Waals surface area contributed by atoms with Crippen molar-refractivity contribution in [1.29, 1.82) is 5.26 Å². The van der Waals surface area contributed by atoms with E-state index < -0.39 is 0 Å². The van der Waals surface area contributed by atoms with Gasteiger partial charge in [0.05, 0.1) is 19.2 Å². The molecule has 1 fully saturated rings. The summed E-state index contributed by atoms with van der Waals surface area (Å²) in [6.45, 7) is 7.26. The second kappa shape index (κ2) is 6.46. The van der Waals surface area contributed by atoms with Crippen molar-refractivity contribution in [1.82, 2.24) is 14.7 Å². The SMILES string of the molecule is CCN(C)C(=O)CN1CCN(CC#N)CC1. The monoisotopic (exact) mass is 224 g/mol. The summed E-state index contributed by atoms with van der Waals surface area (Å²) >= 11 is 0. The molecule has 1 aliphatic rings. The van der Waals surface area contributed by atoms with Gasteiger partial charge in [0.15, 0.2) is 0 Å². The summed E-state index contributed by atoms with van der Waals surface area (Å²) in [5.41, 5.74) is 0. The zero-order valence-electron chi connectivity index (χ0n) is 10.1. The number of amides is 1. The summed E-state index contributed by atoms with van der Waals surface area (Å²) < 4.78 is 0. The number of nitrogens with zero attached hydrogens (tertiary/aromatic N) is 4. The maximum absolute atomic E-state index is 11.7. The largest absolute Gasteiger partial charge is 0.345 e. The number of nitriles is 1. The van der Waals surface area contributed by atoms with Crippen LogP contribution in [0.2, 0.25) is 0 Å². The maximum atomic E-state index is 11.7. The normalized spacial score (nSPS) is 18.1. The van der Waals surface area contributed by atoms with Crippen LogP contribution in [0.4, 0.5) is 0 Å². The highest BCUT2D eigenvalue weighted by atomic mass is 16.2. The van der Waals surface area contributed by atoms with Crippen LogP contribution in [0.25, 0.3) is 0 Å². The highest BCUT2D eigenvalue weighted by Crippen LogP contribution is 2.01. The first-order valence-corrected chi connectivity index (χ1v) is 5.73. The molecule has 0 spiro atoms. The summed E-state index contributed by atoms with van der Waals surface area (Å²) in [7, 11) is 1.83. The van der Waals surface area contributed by atoms with Gasteiger partial charge in [0.25, 0.3) is 0 Å². The number of hydrogen-bond donors (Lipinski definition) is 0. The Morgan fingerprint density at radius 2 is 1.88 bits per heavy atom. The molecule has 16 heavy (non-hydrogen) atoms. The van der Waals surface area contributed by atoms with E-state index in [1.54, 1.807) is 4.90 Å². The standard InChI is InChI=1S/C11H20N4O/c1-3-13(2)11(16)10-15-8-6-14(5-4-12)7-9-15/h3,5-10H2,1-2H3. The molecule has 1 heterocycles. The molecule has 90 valence electrons. The van der Waals surface area contributed by atoms with Gasteiger partial charge >= 0.3 is 0 Å². The highest BCUT2D eigenvalue weighted by molar-refractivity contribution is 5.77.